The Balaban J connectivity index is 1.68. The van der Waals surface area contributed by atoms with Crippen LogP contribution >= 0.6 is 0 Å². The van der Waals surface area contributed by atoms with Gasteiger partial charge in [0.15, 0.2) is 0 Å². The summed E-state index contributed by atoms with van der Waals surface area (Å²) in [7, 11) is 0. The molecule has 19 heavy (non-hydrogen) atoms. The standard InChI is InChI=1S/C14H31N5/c1-13(15)11-18-7-9-19(10-8-18)14(2)12-17-5-3-16-4-6-17/h13-14,16H,3-12,15H2,1-2H3. The highest BCUT2D eigenvalue weighted by Gasteiger charge is 2.23. The zero-order valence-electron chi connectivity index (χ0n) is 12.6. The number of hydrogen-bond donors (Lipinski definition) is 2. The Hall–Kier alpha value is -0.200. The van der Waals surface area contributed by atoms with Crippen molar-refractivity contribution in [2.75, 3.05) is 65.4 Å². The van der Waals surface area contributed by atoms with Gasteiger partial charge in [0.25, 0.3) is 0 Å². The maximum absolute atomic E-state index is 5.87. The van der Waals surface area contributed by atoms with Crippen molar-refractivity contribution < 1.29 is 0 Å². The predicted octanol–water partition coefficient (Wildman–Crippen LogP) is -0.755. The van der Waals surface area contributed by atoms with Crippen molar-refractivity contribution in [3.05, 3.63) is 0 Å². The highest BCUT2D eigenvalue weighted by atomic mass is 15.3. The molecule has 2 fully saturated rings. The van der Waals surface area contributed by atoms with Crippen molar-refractivity contribution in [2.45, 2.75) is 25.9 Å². The molecule has 2 aliphatic heterocycles. The highest BCUT2D eigenvalue weighted by Crippen LogP contribution is 2.08. The summed E-state index contributed by atoms with van der Waals surface area (Å²) in [5.74, 6) is 0. The molecule has 2 unspecified atom stereocenters. The van der Waals surface area contributed by atoms with E-state index in [0.29, 0.717) is 12.1 Å². The summed E-state index contributed by atoms with van der Waals surface area (Å²) in [6.07, 6.45) is 0. The molecule has 2 aliphatic rings. The monoisotopic (exact) mass is 269 g/mol. The van der Waals surface area contributed by atoms with Crippen molar-refractivity contribution in [1.29, 1.82) is 0 Å². The number of nitrogens with one attached hydrogen (secondary N) is 1. The SMILES string of the molecule is CC(N)CN1CCN(C(C)CN2CCNCC2)CC1. The van der Waals surface area contributed by atoms with Gasteiger partial charge in [-0.1, -0.05) is 0 Å². The Labute approximate surface area is 118 Å². The Kier molecular flexibility index (Phi) is 6.04. The summed E-state index contributed by atoms with van der Waals surface area (Å²) >= 11 is 0. The summed E-state index contributed by atoms with van der Waals surface area (Å²) in [6.45, 7) is 16.2. The zero-order valence-corrected chi connectivity index (χ0v) is 12.6. The van der Waals surface area contributed by atoms with E-state index in [0.717, 1.165) is 19.6 Å². The van der Waals surface area contributed by atoms with Crippen LogP contribution in [0.3, 0.4) is 0 Å². The summed E-state index contributed by atoms with van der Waals surface area (Å²) in [4.78, 5) is 7.73. The molecule has 0 amide bonds. The predicted molar refractivity (Wildman–Crippen MR) is 80.4 cm³/mol. The van der Waals surface area contributed by atoms with E-state index in [2.05, 4.69) is 33.9 Å². The van der Waals surface area contributed by atoms with Gasteiger partial charge in [-0.05, 0) is 13.8 Å². The summed E-state index contributed by atoms with van der Waals surface area (Å²) in [5, 5.41) is 3.42. The van der Waals surface area contributed by atoms with Crippen LogP contribution in [0.5, 0.6) is 0 Å². The number of nitrogens with two attached hydrogens (primary N) is 1. The summed E-state index contributed by atoms with van der Waals surface area (Å²) < 4.78 is 0. The molecule has 2 saturated heterocycles. The third-order valence-corrected chi connectivity index (χ3v) is 4.31. The maximum Gasteiger partial charge on any atom is 0.0195 e. The van der Waals surface area contributed by atoms with Crippen LogP contribution in [0, 0.1) is 0 Å². The van der Waals surface area contributed by atoms with Gasteiger partial charge >= 0.3 is 0 Å². The van der Waals surface area contributed by atoms with Crippen molar-refractivity contribution in [2.24, 2.45) is 5.73 Å². The average molecular weight is 269 g/mol. The first-order valence-electron chi connectivity index (χ1n) is 7.80. The lowest BCUT2D eigenvalue weighted by molar-refractivity contribution is 0.0773. The smallest absolute Gasteiger partial charge is 0.0195 e. The van der Waals surface area contributed by atoms with E-state index in [1.807, 2.05) is 0 Å². The van der Waals surface area contributed by atoms with E-state index in [4.69, 9.17) is 5.73 Å². The zero-order chi connectivity index (χ0) is 13.7. The Bertz CT molecular complexity index is 244. The fourth-order valence-electron chi connectivity index (χ4n) is 3.18. The molecule has 0 bridgehead atoms. The molecule has 2 atom stereocenters. The Morgan fingerprint density at radius 1 is 0.895 bits per heavy atom. The maximum atomic E-state index is 5.87. The third-order valence-electron chi connectivity index (χ3n) is 4.31. The molecule has 2 rings (SSSR count). The molecule has 0 spiro atoms. The van der Waals surface area contributed by atoms with Crippen molar-refractivity contribution in [1.82, 2.24) is 20.0 Å². The van der Waals surface area contributed by atoms with Crippen LogP contribution in [0.15, 0.2) is 0 Å². The normalized spacial score (nSPS) is 27.3. The number of rotatable bonds is 5. The van der Waals surface area contributed by atoms with Gasteiger partial charge in [-0.2, -0.15) is 0 Å². The molecular weight excluding hydrogens is 238 g/mol. The van der Waals surface area contributed by atoms with E-state index >= 15 is 0 Å². The van der Waals surface area contributed by atoms with Gasteiger partial charge in [0.1, 0.15) is 0 Å². The third kappa shape index (κ3) is 5.00. The lowest BCUT2D eigenvalue weighted by Crippen LogP contribution is -2.55. The van der Waals surface area contributed by atoms with Crippen LogP contribution in [0.1, 0.15) is 13.8 Å². The molecule has 3 N–H and O–H groups in total. The fourth-order valence-corrected chi connectivity index (χ4v) is 3.18. The number of hydrogen-bond acceptors (Lipinski definition) is 5. The van der Waals surface area contributed by atoms with Crippen LogP contribution in [-0.2, 0) is 0 Å². The second kappa shape index (κ2) is 7.55. The van der Waals surface area contributed by atoms with Gasteiger partial charge in [0.05, 0.1) is 0 Å². The molecule has 5 nitrogen and oxygen atoms in total. The summed E-state index contributed by atoms with van der Waals surface area (Å²) in [6, 6.07) is 0.973. The lowest BCUT2D eigenvalue weighted by Gasteiger charge is -2.40. The van der Waals surface area contributed by atoms with E-state index in [1.54, 1.807) is 0 Å². The van der Waals surface area contributed by atoms with Crippen LogP contribution in [0.25, 0.3) is 0 Å². The second-order valence-electron chi connectivity index (χ2n) is 6.21. The molecule has 5 heteroatoms. The highest BCUT2D eigenvalue weighted by molar-refractivity contribution is 4.80. The molecule has 0 aliphatic carbocycles. The number of nitrogens with zero attached hydrogens (tertiary/aromatic N) is 3. The number of piperazine rings is 2. The van der Waals surface area contributed by atoms with Gasteiger partial charge in [-0.25, -0.2) is 0 Å². The molecule has 0 aromatic heterocycles. The minimum atomic E-state index is 0.296. The molecule has 112 valence electrons. The van der Waals surface area contributed by atoms with Gasteiger partial charge < -0.3 is 11.1 Å². The first-order valence-corrected chi connectivity index (χ1v) is 7.80. The van der Waals surface area contributed by atoms with E-state index in [1.165, 1.54) is 45.8 Å². The minimum Gasteiger partial charge on any atom is -0.327 e. The molecule has 0 aromatic carbocycles. The Morgan fingerprint density at radius 2 is 1.47 bits per heavy atom. The van der Waals surface area contributed by atoms with Crippen LogP contribution < -0.4 is 11.1 Å². The first kappa shape index (κ1) is 15.2. The molecule has 2 heterocycles. The average Bonchev–Trinajstić information content (AvgIpc) is 2.40. The Morgan fingerprint density at radius 3 is 2.05 bits per heavy atom. The van der Waals surface area contributed by atoms with E-state index < -0.39 is 0 Å². The largest absolute Gasteiger partial charge is 0.327 e. The quantitative estimate of drug-likeness (QED) is 0.687. The second-order valence-corrected chi connectivity index (χ2v) is 6.21. The van der Waals surface area contributed by atoms with E-state index in [-0.39, 0.29) is 0 Å². The topological polar surface area (TPSA) is 47.8 Å². The molecule has 0 saturated carbocycles. The molecular formula is C14H31N5. The molecule has 0 radical (unpaired) electrons. The minimum absolute atomic E-state index is 0.296. The van der Waals surface area contributed by atoms with Gasteiger partial charge in [-0.3, -0.25) is 14.7 Å². The fraction of sp³-hybridized carbons (Fsp3) is 1.00. The van der Waals surface area contributed by atoms with Crippen LogP contribution in [-0.4, -0.2) is 92.2 Å². The van der Waals surface area contributed by atoms with Crippen molar-refractivity contribution >= 4 is 0 Å². The van der Waals surface area contributed by atoms with Gasteiger partial charge in [0, 0.05) is 77.5 Å². The van der Waals surface area contributed by atoms with Crippen molar-refractivity contribution in [3.63, 3.8) is 0 Å². The van der Waals surface area contributed by atoms with Crippen LogP contribution in [0.2, 0.25) is 0 Å². The molecule has 0 aromatic rings. The van der Waals surface area contributed by atoms with Crippen LogP contribution in [0.4, 0.5) is 0 Å². The van der Waals surface area contributed by atoms with E-state index in [9.17, 15) is 0 Å². The first-order chi connectivity index (χ1) is 9.15. The lowest BCUT2D eigenvalue weighted by atomic mass is 10.2. The summed E-state index contributed by atoms with van der Waals surface area (Å²) in [5.41, 5.74) is 5.87. The van der Waals surface area contributed by atoms with Crippen molar-refractivity contribution in [3.8, 4) is 0 Å². The van der Waals surface area contributed by atoms with Gasteiger partial charge in [0.2, 0.25) is 0 Å². The van der Waals surface area contributed by atoms with Gasteiger partial charge in [-0.15, -0.1) is 0 Å².